The van der Waals surface area contributed by atoms with Crippen LogP contribution in [0.1, 0.15) is 11.1 Å². The van der Waals surface area contributed by atoms with Crippen molar-refractivity contribution in [1.29, 1.82) is 5.26 Å². The van der Waals surface area contributed by atoms with Crippen LogP contribution in [0.15, 0.2) is 40.8 Å². The lowest BCUT2D eigenvalue weighted by Gasteiger charge is -2.06. The molecule has 0 saturated heterocycles. The minimum atomic E-state index is -2.95. The van der Waals surface area contributed by atoms with Crippen molar-refractivity contribution >= 4 is 17.6 Å². The van der Waals surface area contributed by atoms with Gasteiger partial charge in [0.25, 0.3) is 0 Å². The van der Waals surface area contributed by atoms with E-state index in [4.69, 9.17) is 21.3 Å². The molecule has 6 nitrogen and oxygen atoms in total. The molecule has 0 fully saturated rings. The van der Waals surface area contributed by atoms with Gasteiger partial charge in [-0.15, -0.1) is 5.10 Å². The summed E-state index contributed by atoms with van der Waals surface area (Å²) < 4.78 is 47.8. The van der Waals surface area contributed by atoms with Crippen LogP contribution >= 0.6 is 11.6 Å². The molecule has 27 heavy (non-hydrogen) atoms. The van der Waals surface area contributed by atoms with E-state index < -0.39 is 12.4 Å². The van der Waals surface area contributed by atoms with Crippen molar-refractivity contribution in [3.8, 4) is 23.3 Å². The fourth-order valence-corrected chi connectivity index (χ4v) is 2.48. The van der Waals surface area contributed by atoms with Crippen LogP contribution < -0.4 is 10.1 Å². The second-order valence-electron chi connectivity index (χ2n) is 5.18. The van der Waals surface area contributed by atoms with Crippen LogP contribution in [0.5, 0.6) is 5.75 Å². The van der Waals surface area contributed by atoms with Gasteiger partial charge in [-0.25, -0.2) is 4.39 Å². The van der Waals surface area contributed by atoms with Gasteiger partial charge in [0.05, 0.1) is 5.02 Å². The van der Waals surface area contributed by atoms with Gasteiger partial charge < -0.3 is 14.5 Å². The van der Waals surface area contributed by atoms with Gasteiger partial charge in [0.15, 0.2) is 0 Å². The fourth-order valence-electron chi connectivity index (χ4n) is 2.22. The van der Waals surface area contributed by atoms with Gasteiger partial charge in [0.2, 0.25) is 5.89 Å². The van der Waals surface area contributed by atoms with Crippen molar-refractivity contribution in [3.63, 3.8) is 0 Å². The molecule has 0 radical (unpaired) electrons. The maximum atomic E-state index is 13.5. The Kier molecular flexibility index (Phi) is 5.47. The Morgan fingerprint density at radius 1 is 1.26 bits per heavy atom. The predicted molar refractivity (Wildman–Crippen MR) is 89.8 cm³/mol. The summed E-state index contributed by atoms with van der Waals surface area (Å²) in [7, 11) is 0. The number of hydrogen-bond acceptors (Lipinski definition) is 6. The third kappa shape index (κ3) is 4.30. The Labute approximate surface area is 156 Å². The second-order valence-corrected chi connectivity index (χ2v) is 5.56. The molecule has 3 aromatic rings. The first kappa shape index (κ1) is 18.5. The molecule has 2 aromatic carbocycles. The Morgan fingerprint density at radius 2 is 2.07 bits per heavy atom. The van der Waals surface area contributed by atoms with E-state index in [0.29, 0.717) is 11.1 Å². The number of nitrogens with one attached hydrogen (secondary N) is 1. The predicted octanol–water partition coefficient (Wildman–Crippen LogP) is 4.61. The molecule has 1 N–H and O–H groups in total. The molecule has 3 rings (SSSR count). The van der Waals surface area contributed by atoms with E-state index >= 15 is 0 Å². The number of rotatable bonds is 6. The zero-order chi connectivity index (χ0) is 19.4. The van der Waals surface area contributed by atoms with E-state index in [9.17, 15) is 13.2 Å². The minimum absolute atomic E-state index is 0.0124. The number of nitriles is 1. The summed E-state index contributed by atoms with van der Waals surface area (Å²) in [5, 5.41) is 19.3. The molecule has 1 aromatic heterocycles. The van der Waals surface area contributed by atoms with Gasteiger partial charge in [-0.3, -0.25) is 0 Å². The van der Waals surface area contributed by atoms with Crippen LogP contribution in [0.4, 0.5) is 19.2 Å². The minimum Gasteiger partial charge on any atom is -0.435 e. The quantitative estimate of drug-likeness (QED) is 0.657. The smallest absolute Gasteiger partial charge is 0.387 e. The Balaban J connectivity index is 1.73. The highest BCUT2D eigenvalue weighted by Gasteiger charge is 2.14. The number of alkyl halides is 2. The number of benzene rings is 2. The molecule has 0 atom stereocenters. The zero-order valence-electron chi connectivity index (χ0n) is 13.4. The van der Waals surface area contributed by atoms with E-state index in [1.807, 2.05) is 0 Å². The summed E-state index contributed by atoms with van der Waals surface area (Å²) in [6.45, 7) is -2.84. The van der Waals surface area contributed by atoms with Crippen molar-refractivity contribution in [2.24, 2.45) is 0 Å². The summed E-state index contributed by atoms with van der Waals surface area (Å²) in [4.78, 5) is 0. The monoisotopic (exact) mass is 394 g/mol. The first-order valence-electron chi connectivity index (χ1n) is 7.47. The number of hydrogen-bond donors (Lipinski definition) is 1. The van der Waals surface area contributed by atoms with E-state index in [1.165, 1.54) is 24.3 Å². The summed E-state index contributed by atoms with van der Waals surface area (Å²) in [5.74, 6) is -0.672. The van der Waals surface area contributed by atoms with Gasteiger partial charge in [-0.1, -0.05) is 28.8 Å². The van der Waals surface area contributed by atoms with E-state index in [1.54, 1.807) is 12.1 Å². The molecule has 1 heterocycles. The molecular weight excluding hydrogens is 385 g/mol. The van der Waals surface area contributed by atoms with Crippen LogP contribution in [-0.2, 0) is 6.54 Å². The highest BCUT2D eigenvalue weighted by atomic mass is 35.5. The number of anilines is 1. The average Bonchev–Trinajstić information content (AvgIpc) is 3.10. The topological polar surface area (TPSA) is 84.0 Å². The molecule has 0 spiro atoms. The first-order valence-corrected chi connectivity index (χ1v) is 7.85. The van der Waals surface area contributed by atoms with Crippen molar-refractivity contribution in [2.45, 2.75) is 13.2 Å². The Hall–Kier alpha value is -3.25. The number of halogens is 4. The lowest BCUT2D eigenvalue weighted by Crippen LogP contribution is -2.02. The van der Waals surface area contributed by atoms with Crippen molar-refractivity contribution in [1.82, 2.24) is 10.2 Å². The van der Waals surface area contributed by atoms with Crippen molar-refractivity contribution in [3.05, 3.63) is 58.4 Å². The maximum Gasteiger partial charge on any atom is 0.387 e. The third-order valence-electron chi connectivity index (χ3n) is 3.44. The standard InChI is InChI=1S/C17H10ClF3N4O2/c18-14-10(4-5-13(19)12(14)7-22)8-23-17-25-24-15(27-17)9-2-1-3-11(6-9)26-16(20)21/h1-6,16H,8H2,(H,23,25). The van der Waals surface area contributed by atoms with E-state index in [2.05, 4.69) is 20.3 Å². The molecule has 0 unspecified atom stereocenters. The van der Waals surface area contributed by atoms with E-state index in [0.717, 1.165) is 6.07 Å². The van der Waals surface area contributed by atoms with Gasteiger partial charge in [-0.2, -0.15) is 14.0 Å². The Bertz CT molecular complexity index is 1000. The summed E-state index contributed by atoms with van der Waals surface area (Å²) >= 11 is 6.00. The maximum absolute atomic E-state index is 13.5. The molecule has 138 valence electrons. The third-order valence-corrected chi connectivity index (χ3v) is 3.88. The molecule has 0 amide bonds. The van der Waals surface area contributed by atoms with Crippen LogP contribution in [-0.4, -0.2) is 16.8 Å². The number of nitrogens with zero attached hydrogens (tertiary/aromatic N) is 3. The second kappa shape index (κ2) is 7.97. The fraction of sp³-hybridized carbons (Fsp3) is 0.118. The first-order chi connectivity index (χ1) is 13.0. The Morgan fingerprint density at radius 3 is 2.81 bits per heavy atom. The van der Waals surface area contributed by atoms with Gasteiger partial charge in [-0.05, 0) is 29.8 Å². The number of ether oxygens (including phenoxy) is 1. The lowest BCUT2D eigenvalue weighted by atomic mass is 10.1. The lowest BCUT2D eigenvalue weighted by molar-refractivity contribution is -0.0498. The summed E-state index contributed by atoms with van der Waals surface area (Å²) in [5.41, 5.74) is 0.597. The van der Waals surface area contributed by atoms with Crippen LogP contribution in [0.25, 0.3) is 11.5 Å². The average molecular weight is 395 g/mol. The zero-order valence-corrected chi connectivity index (χ0v) is 14.2. The van der Waals surface area contributed by atoms with Gasteiger partial charge >= 0.3 is 12.6 Å². The molecule has 0 aliphatic carbocycles. The molecule has 0 bridgehead atoms. The van der Waals surface area contributed by atoms with Crippen LogP contribution in [0.2, 0.25) is 5.02 Å². The van der Waals surface area contributed by atoms with Gasteiger partial charge in [0, 0.05) is 12.1 Å². The molecule has 10 heteroatoms. The van der Waals surface area contributed by atoms with Crippen LogP contribution in [0, 0.1) is 17.1 Å². The largest absolute Gasteiger partial charge is 0.435 e. The van der Waals surface area contributed by atoms with Crippen molar-refractivity contribution < 1.29 is 22.3 Å². The highest BCUT2D eigenvalue weighted by Crippen LogP contribution is 2.26. The summed E-state index contributed by atoms with van der Waals surface area (Å²) in [6, 6.07) is 10.1. The normalized spacial score (nSPS) is 10.7. The molecule has 0 saturated carbocycles. The van der Waals surface area contributed by atoms with Gasteiger partial charge in [0.1, 0.15) is 23.2 Å². The number of aromatic nitrogens is 2. The SMILES string of the molecule is N#Cc1c(F)ccc(CNc2nnc(-c3cccc(OC(F)F)c3)o2)c1Cl. The molecule has 0 aliphatic rings. The van der Waals surface area contributed by atoms with E-state index in [-0.39, 0.29) is 34.8 Å². The van der Waals surface area contributed by atoms with Crippen molar-refractivity contribution in [2.75, 3.05) is 5.32 Å². The highest BCUT2D eigenvalue weighted by molar-refractivity contribution is 6.32. The van der Waals surface area contributed by atoms with Crippen LogP contribution in [0.3, 0.4) is 0 Å². The summed E-state index contributed by atoms with van der Waals surface area (Å²) in [6.07, 6.45) is 0. The molecule has 0 aliphatic heterocycles. The molecular formula is C17H10ClF3N4O2.